The van der Waals surface area contributed by atoms with Crippen LogP contribution in [0.5, 0.6) is 5.75 Å². The van der Waals surface area contributed by atoms with E-state index >= 15 is 0 Å². The van der Waals surface area contributed by atoms with Crippen molar-refractivity contribution in [3.8, 4) is 5.75 Å². The quantitative estimate of drug-likeness (QED) is 0.747. The van der Waals surface area contributed by atoms with Gasteiger partial charge in [-0.3, -0.25) is 0 Å². The van der Waals surface area contributed by atoms with Crippen LogP contribution in [0.4, 0.5) is 4.79 Å². The van der Waals surface area contributed by atoms with Crippen molar-refractivity contribution in [3.63, 3.8) is 0 Å². The Morgan fingerprint density at radius 3 is 2.43 bits per heavy atom. The number of hydrogen-bond acceptors (Lipinski definition) is 4. The Labute approximate surface area is 167 Å². The lowest BCUT2D eigenvalue weighted by atomic mass is 9.91. The summed E-state index contributed by atoms with van der Waals surface area (Å²) in [7, 11) is 0. The molecule has 6 heteroatoms. The molecular weight excluding hydrogens is 358 g/mol. The van der Waals surface area contributed by atoms with Crippen LogP contribution in [0.3, 0.4) is 0 Å². The summed E-state index contributed by atoms with van der Waals surface area (Å²) < 4.78 is 11.4. The highest BCUT2D eigenvalue weighted by molar-refractivity contribution is 5.89. The summed E-state index contributed by atoms with van der Waals surface area (Å²) in [4.78, 5) is 25.0. The number of rotatable bonds is 6. The third-order valence-electron chi connectivity index (χ3n) is 5.01. The van der Waals surface area contributed by atoms with Crippen molar-refractivity contribution in [1.29, 1.82) is 0 Å². The highest BCUT2D eigenvalue weighted by Gasteiger charge is 2.27. The maximum atomic E-state index is 12.1. The largest absolute Gasteiger partial charge is 0.491 e. The summed E-state index contributed by atoms with van der Waals surface area (Å²) in [5.74, 6) is 0.366. The Morgan fingerprint density at radius 1 is 1.25 bits per heavy atom. The Hall–Kier alpha value is -2.24. The summed E-state index contributed by atoms with van der Waals surface area (Å²) in [6.07, 6.45) is 3.78. The topological polar surface area (TPSA) is 76.1 Å². The molecule has 0 bridgehead atoms. The van der Waals surface area contributed by atoms with Gasteiger partial charge in [0.1, 0.15) is 11.4 Å². The lowest BCUT2D eigenvalue weighted by Crippen LogP contribution is -2.41. The van der Waals surface area contributed by atoms with Gasteiger partial charge >= 0.3 is 12.1 Å². The smallest absolute Gasteiger partial charge is 0.410 e. The number of nitrogens with zero attached hydrogens (tertiary/aromatic N) is 1. The van der Waals surface area contributed by atoms with Gasteiger partial charge in [0.2, 0.25) is 0 Å². The first kappa shape index (κ1) is 22.1. The summed E-state index contributed by atoms with van der Waals surface area (Å²) >= 11 is 0. The Morgan fingerprint density at radius 2 is 1.89 bits per heavy atom. The molecule has 1 fully saturated rings. The molecule has 156 valence electrons. The van der Waals surface area contributed by atoms with Gasteiger partial charge in [0, 0.05) is 13.1 Å². The molecule has 1 aromatic rings. The van der Waals surface area contributed by atoms with E-state index in [2.05, 4.69) is 0 Å². The Balaban J connectivity index is 1.74. The lowest BCUT2D eigenvalue weighted by Gasteiger charge is -2.33. The molecule has 0 radical (unpaired) electrons. The van der Waals surface area contributed by atoms with E-state index in [9.17, 15) is 9.59 Å². The first-order valence-corrected chi connectivity index (χ1v) is 10.0. The van der Waals surface area contributed by atoms with Crippen LogP contribution in [0.1, 0.15) is 69.3 Å². The molecule has 1 N–H and O–H groups in total. The van der Waals surface area contributed by atoms with Gasteiger partial charge < -0.3 is 19.5 Å². The van der Waals surface area contributed by atoms with Gasteiger partial charge in [-0.25, -0.2) is 9.59 Å². The van der Waals surface area contributed by atoms with Gasteiger partial charge in [-0.05, 0) is 90.0 Å². The van der Waals surface area contributed by atoms with Gasteiger partial charge in [-0.1, -0.05) is 0 Å². The van der Waals surface area contributed by atoms with Crippen LogP contribution in [-0.2, 0) is 4.74 Å². The minimum Gasteiger partial charge on any atom is -0.491 e. The van der Waals surface area contributed by atoms with Crippen LogP contribution >= 0.6 is 0 Å². The van der Waals surface area contributed by atoms with E-state index in [4.69, 9.17) is 14.6 Å². The number of piperidine rings is 1. The van der Waals surface area contributed by atoms with Crippen LogP contribution in [0, 0.1) is 12.8 Å². The standard InChI is InChI=1S/C22H33NO5/c1-15-14-18(8-9-19(15)20(24)25)27-16(2)6-7-17-10-12-23(13-11-17)21(26)28-22(3,4)5/h8-9,14,16-17H,6-7,10-13H2,1-5H3,(H,24,25)/t16-/m1/s1. The molecule has 6 nitrogen and oxygen atoms in total. The summed E-state index contributed by atoms with van der Waals surface area (Å²) in [5.41, 5.74) is 0.547. The fourth-order valence-electron chi connectivity index (χ4n) is 3.44. The number of aromatic carboxylic acids is 1. The number of carbonyl (C=O) groups is 2. The molecule has 1 aliphatic rings. The number of likely N-dealkylation sites (tertiary alicyclic amines) is 1. The van der Waals surface area contributed by atoms with Crippen molar-refractivity contribution in [1.82, 2.24) is 4.90 Å². The van der Waals surface area contributed by atoms with Crippen molar-refractivity contribution in [2.45, 2.75) is 72.0 Å². The van der Waals surface area contributed by atoms with Crippen LogP contribution < -0.4 is 4.74 Å². The minimum atomic E-state index is -0.921. The summed E-state index contributed by atoms with van der Waals surface area (Å²) in [6.45, 7) is 11.0. The van der Waals surface area contributed by atoms with E-state index in [1.807, 2.05) is 27.7 Å². The molecule has 0 spiro atoms. The monoisotopic (exact) mass is 391 g/mol. The SMILES string of the molecule is Cc1cc(O[C@H](C)CCC2CCN(C(=O)OC(C)(C)C)CC2)ccc1C(=O)O. The zero-order valence-electron chi connectivity index (χ0n) is 17.7. The van der Waals surface area contributed by atoms with Gasteiger partial charge in [-0.2, -0.15) is 0 Å². The van der Waals surface area contributed by atoms with Crippen molar-refractivity contribution in [2.24, 2.45) is 5.92 Å². The van der Waals surface area contributed by atoms with Gasteiger partial charge in [-0.15, -0.1) is 0 Å². The van der Waals surface area contributed by atoms with E-state index in [0.29, 0.717) is 22.8 Å². The van der Waals surface area contributed by atoms with Crippen LogP contribution in [0.25, 0.3) is 0 Å². The minimum absolute atomic E-state index is 0.0546. The average Bonchev–Trinajstić information content (AvgIpc) is 2.58. The van der Waals surface area contributed by atoms with E-state index in [0.717, 1.165) is 38.8 Å². The molecule has 0 saturated carbocycles. The van der Waals surface area contributed by atoms with Crippen molar-refractivity contribution >= 4 is 12.1 Å². The molecular formula is C22H33NO5. The maximum Gasteiger partial charge on any atom is 0.410 e. The summed E-state index contributed by atoms with van der Waals surface area (Å²) in [5, 5.41) is 9.10. The van der Waals surface area contributed by atoms with E-state index in [1.54, 1.807) is 30.0 Å². The molecule has 1 heterocycles. The molecule has 28 heavy (non-hydrogen) atoms. The zero-order valence-corrected chi connectivity index (χ0v) is 17.7. The first-order chi connectivity index (χ1) is 13.0. The number of carboxylic acids is 1. The number of carbonyl (C=O) groups excluding carboxylic acids is 1. The third kappa shape index (κ3) is 6.73. The van der Waals surface area contributed by atoms with Crippen molar-refractivity contribution < 1.29 is 24.2 Å². The molecule has 0 unspecified atom stereocenters. The Kier molecular flexibility index (Phi) is 7.33. The maximum absolute atomic E-state index is 12.1. The third-order valence-corrected chi connectivity index (χ3v) is 5.01. The van der Waals surface area contributed by atoms with Gasteiger partial charge in [0.25, 0.3) is 0 Å². The predicted molar refractivity (Wildman–Crippen MR) is 108 cm³/mol. The molecule has 1 saturated heterocycles. The van der Waals surface area contributed by atoms with Gasteiger partial charge in [0.05, 0.1) is 11.7 Å². The highest BCUT2D eigenvalue weighted by Crippen LogP contribution is 2.25. The average molecular weight is 392 g/mol. The van der Waals surface area contributed by atoms with Crippen molar-refractivity contribution in [2.75, 3.05) is 13.1 Å². The lowest BCUT2D eigenvalue weighted by molar-refractivity contribution is 0.0176. The fourth-order valence-corrected chi connectivity index (χ4v) is 3.44. The number of carboxylic acid groups (broad SMARTS) is 1. The van der Waals surface area contributed by atoms with E-state index < -0.39 is 11.6 Å². The first-order valence-electron chi connectivity index (χ1n) is 10.0. The molecule has 2 rings (SSSR count). The second kappa shape index (κ2) is 9.30. The number of benzene rings is 1. The highest BCUT2D eigenvalue weighted by atomic mass is 16.6. The summed E-state index contributed by atoms with van der Waals surface area (Å²) in [6, 6.07) is 5.08. The molecule has 1 atom stereocenters. The predicted octanol–water partition coefficient (Wildman–Crippen LogP) is 4.89. The zero-order chi connectivity index (χ0) is 20.9. The second-order valence-electron chi connectivity index (χ2n) is 8.70. The number of hydrogen-bond donors (Lipinski definition) is 1. The van der Waals surface area contributed by atoms with Crippen molar-refractivity contribution in [3.05, 3.63) is 29.3 Å². The molecule has 0 aromatic heterocycles. The number of amides is 1. The normalized spacial score (nSPS) is 16.5. The van der Waals surface area contributed by atoms with Crippen LogP contribution in [0.2, 0.25) is 0 Å². The van der Waals surface area contributed by atoms with E-state index in [1.165, 1.54) is 0 Å². The number of aryl methyl sites for hydroxylation is 1. The Bertz CT molecular complexity index is 687. The molecule has 0 aliphatic carbocycles. The molecule has 1 aliphatic heterocycles. The van der Waals surface area contributed by atoms with Crippen LogP contribution in [0.15, 0.2) is 18.2 Å². The fraction of sp³-hybridized carbons (Fsp3) is 0.636. The van der Waals surface area contributed by atoms with Crippen LogP contribution in [-0.4, -0.2) is 46.9 Å². The number of ether oxygens (including phenoxy) is 2. The second-order valence-corrected chi connectivity index (χ2v) is 8.70. The van der Waals surface area contributed by atoms with Gasteiger partial charge in [0.15, 0.2) is 0 Å². The molecule has 1 aromatic carbocycles. The molecule has 1 amide bonds. The van der Waals surface area contributed by atoms with E-state index in [-0.39, 0.29) is 12.2 Å².